The van der Waals surface area contributed by atoms with E-state index in [9.17, 15) is 9.59 Å². The summed E-state index contributed by atoms with van der Waals surface area (Å²) in [5, 5.41) is 8.70. The van der Waals surface area contributed by atoms with Crippen molar-refractivity contribution >= 4 is 11.7 Å². The average Bonchev–Trinajstić information content (AvgIpc) is 2.60. The van der Waals surface area contributed by atoms with E-state index in [1.807, 2.05) is 6.07 Å². The van der Waals surface area contributed by atoms with Gasteiger partial charge in [0.25, 0.3) is 5.91 Å². The van der Waals surface area contributed by atoms with Crippen molar-refractivity contribution in [1.82, 2.24) is 9.88 Å². The Morgan fingerprint density at radius 2 is 1.96 bits per heavy atom. The monoisotopic (exact) mass is 309 g/mol. The Bertz CT molecular complexity index is 763. The molecule has 0 radical (unpaired) electrons. The Balaban J connectivity index is 2.37. The van der Waals surface area contributed by atoms with Gasteiger partial charge in [0, 0.05) is 18.8 Å². The van der Waals surface area contributed by atoms with Crippen LogP contribution < -0.4 is 4.74 Å². The van der Waals surface area contributed by atoms with Crippen LogP contribution in [-0.2, 0) is 0 Å². The van der Waals surface area contributed by atoms with Crippen molar-refractivity contribution in [3.05, 3.63) is 59.4 Å². The summed E-state index contributed by atoms with van der Waals surface area (Å²) < 4.78 is 5.06. The molecule has 0 spiro atoms. The third-order valence-electron chi connectivity index (χ3n) is 3.26. The number of hydrogen-bond acceptors (Lipinski definition) is 5. The lowest BCUT2D eigenvalue weighted by molar-refractivity contribution is 0.0801. The maximum atomic E-state index is 12.6. The summed E-state index contributed by atoms with van der Waals surface area (Å²) in [5.41, 5.74) is 0.661. The average molecular weight is 309 g/mol. The molecular formula is C17H15N3O3. The summed E-state index contributed by atoms with van der Waals surface area (Å²) in [6, 6.07) is 11.6. The van der Waals surface area contributed by atoms with Crippen molar-refractivity contribution in [2.45, 2.75) is 0 Å². The van der Waals surface area contributed by atoms with Gasteiger partial charge in [0.1, 0.15) is 18.0 Å². The summed E-state index contributed by atoms with van der Waals surface area (Å²) in [6.45, 7) is -0.0778. The fourth-order valence-corrected chi connectivity index (χ4v) is 2.02. The van der Waals surface area contributed by atoms with Crippen LogP contribution >= 0.6 is 0 Å². The topological polar surface area (TPSA) is 83.3 Å². The first-order chi connectivity index (χ1) is 11.1. The lowest BCUT2D eigenvalue weighted by atomic mass is 10.0. The van der Waals surface area contributed by atoms with Gasteiger partial charge < -0.3 is 9.64 Å². The highest BCUT2D eigenvalue weighted by Gasteiger charge is 2.22. The smallest absolute Gasteiger partial charge is 0.273 e. The number of methoxy groups -OCH3 is 1. The van der Waals surface area contributed by atoms with Gasteiger partial charge in [-0.1, -0.05) is 0 Å². The van der Waals surface area contributed by atoms with Crippen LogP contribution in [0.1, 0.15) is 26.4 Å². The number of nitriles is 1. The van der Waals surface area contributed by atoms with Gasteiger partial charge in [0.2, 0.25) is 0 Å². The van der Waals surface area contributed by atoms with E-state index in [0.717, 1.165) is 0 Å². The quantitative estimate of drug-likeness (QED) is 0.622. The highest BCUT2D eigenvalue weighted by Crippen LogP contribution is 2.17. The molecule has 0 atom stereocenters. The first kappa shape index (κ1) is 16.2. The van der Waals surface area contributed by atoms with Crippen LogP contribution in [0.4, 0.5) is 0 Å². The number of hydrogen-bond donors (Lipinski definition) is 0. The zero-order valence-electron chi connectivity index (χ0n) is 12.8. The second kappa shape index (κ2) is 7.18. The van der Waals surface area contributed by atoms with E-state index in [4.69, 9.17) is 10.00 Å². The molecule has 0 aliphatic heterocycles. The van der Waals surface area contributed by atoms with Crippen LogP contribution in [0.3, 0.4) is 0 Å². The second-order valence-corrected chi connectivity index (χ2v) is 4.78. The molecule has 0 saturated carbocycles. The number of nitrogens with zero attached hydrogens (tertiary/aromatic N) is 3. The molecular weight excluding hydrogens is 294 g/mol. The Morgan fingerprint density at radius 1 is 1.26 bits per heavy atom. The van der Waals surface area contributed by atoms with Crippen molar-refractivity contribution < 1.29 is 14.3 Å². The third-order valence-corrected chi connectivity index (χ3v) is 3.26. The number of ketones is 1. The van der Waals surface area contributed by atoms with Gasteiger partial charge in [-0.25, -0.2) is 0 Å². The molecule has 1 amide bonds. The zero-order valence-corrected chi connectivity index (χ0v) is 12.8. The van der Waals surface area contributed by atoms with Gasteiger partial charge in [-0.2, -0.15) is 5.26 Å². The molecule has 6 nitrogen and oxygen atoms in total. The summed E-state index contributed by atoms with van der Waals surface area (Å²) >= 11 is 0. The first-order valence-corrected chi connectivity index (χ1v) is 6.84. The fraction of sp³-hybridized carbons (Fsp3) is 0.176. The Hall–Kier alpha value is -3.20. The van der Waals surface area contributed by atoms with Crippen LogP contribution in [0, 0.1) is 11.3 Å². The summed E-state index contributed by atoms with van der Waals surface area (Å²) in [5.74, 6) is -0.142. The molecule has 116 valence electrons. The van der Waals surface area contributed by atoms with Crippen LogP contribution in [0.15, 0.2) is 42.6 Å². The number of ether oxygens (including phenoxy) is 1. The number of carbonyl (C=O) groups is 2. The van der Waals surface area contributed by atoms with E-state index < -0.39 is 5.91 Å². The van der Waals surface area contributed by atoms with Gasteiger partial charge in [0.15, 0.2) is 5.78 Å². The summed E-state index contributed by atoms with van der Waals surface area (Å²) in [4.78, 5) is 30.2. The van der Waals surface area contributed by atoms with Crippen LogP contribution in [0.25, 0.3) is 0 Å². The van der Waals surface area contributed by atoms with E-state index in [-0.39, 0.29) is 23.6 Å². The van der Waals surface area contributed by atoms with Gasteiger partial charge in [-0.15, -0.1) is 0 Å². The zero-order chi connectivity index (χ0) is 16.8. The Kier molecular flexibility index (Phi) is 5.05. The molecule has 0 aliphatic rings. The number of pyridine rings is 1. The van der Waals surface area contributed by atoms with E-state index in [0.29, 0.717) is 11.3 Å². The predicted molar refractivity (Wildman–Crippen MR) is 83.2 cm³/mol. The van der Waals surface area contributed by atoms with Crippen molar-refractivity contribution in [2.75, 3.05) is 20.7 Å². The molecule has 0 bridgehead atoms. The van der Waals surface area contributed by atoms with Crippen LogP contribution in [0.5, 0.6) is 5.75 Å². The SMILES string of the molecule is COc1ccc(C(=O)c2cccnc2C(=O)N(C)CC#N)cc1. The van der Waals surface area contributed by atoms with Crippen molar-refractivity contribution in [2.24, 2.45) is 0 Å². The standard InChI is InChI=1S/C17H15N3O3/c1-20(11-9-18)17(22)15-14(4-3-10-19-15)16(21)12-5-7-13(23-2)8-6-12/h3-8,10H,11H2,1-2H3. The maximum absolute atomic E-state index is 12.6. The number of amides is 1. The molecule has 0 unspecified atom stereocenters. The number of benzene rings is 1. The van der Waals surface area contributed by atoms with E-state index in [1.54, 1.807) is 43.5 Å². The van der Waals surface area contributed by atoms with E-state index >= 15 is 0 Å². The van der Waals surface area contributed by atoms with E-state index in [2.05, 4.69) is 4.98 Å². The van der Waals surface area contributed by atoms with Crippen molar-refractivity contribution in [3.8, 4) is 11.8 Å². The van der Waals surface area contributed by atoms with Gasteiger partial charge >= 0.3 is 0 Å². The van der Waals surface area contributed by atoms with Crippen LogP contribution in [-0.4, -0.2) is 42.3 Å². The molecule has 0 saturated heterocycles. The predicted octanol–water partition coefficient (Wildman–Crippen LogP) is 1.92. The summed E-state index contributed by atoms with van der Waals surface area (Å²) in [6.07, 6.45) is 1.44. The van der Waals surface area contributed by atoms with Crippen molar-refractivity contribution in [3.63, 3.8) is 0 Å². The van der Waals surface area contributed by atoms with Gasteiger partial charge in [0.05, 0.1) is 18.7 Å². The molecule has 0 aliphatic carbocycles. The minimum absolute atomic E-state index is 0.0334. The van der Waals surface area contributed by atoms with Gasteiger partial charge in [-0.05, 0) is 36.4 Å². The molecule has 23 heavy (non-hydrogen) atoms. The second-order valence-electron chi connectivity index (χ2n) is 4.78. The van der Waals surface area contributed by atoms with E-state index in [1.165, 1.54) is 18.1 Å². The molecule has 1 aromatic heterocycles. The Labute approximate surface area is 133 Å². The molecule has 2 aromatic rings. The molecule has 0 fully saturated rings. The lowest BCUT2D eigenvalue weighted by Crippen LogP contribution is -2.29. The minimum Gasteiger partial charge on any atom is -0.497 e. The molecule has 0 N–H and O–H groups in total. The normalized spacial score (nSPS) is 9.78. The van der Waals surface area contributed by atoms with Crippen LogP contribution in [0.2, 0.25) is 0 Å². The fourth-order valence-electron chi connectivity index (χ4n) is 2.02. The van der Waals surface area contributed by atoms with Gasteiger partial charge in [-0.3, -0.25) is 14.6 Å². The largest absolute Gasteiger partial charge is 0.497 e. The molecule has 2 rings (SSSR count). The number of aromatic nitrogens is 1. The highest BCUT2D eigenvalue weighted by molar-refractivity contribution is 6.14. The summed E-state index contributed by atoms with van der Waals surface area (Å²) in [7, 11) is 3.03. The first-order valence-electron chi connectivity index (χ1n) is 6.84. The third kappa shape index (κ3) is 3.52. The lowest BCUT2D eigenvalue weighted by Gasteiger charge is -2.14. The number of carbonyl (C=O) groups excluding carboxylic acids is 2. The highest BCUT2D eigenvalue weighted by atomic mass is 16.5. The molecule has 6 heteroatoms. The number of rotatable bonds is 5. The molecule has 1 aromatic carbocycles. The maximum Gasteiger partial charge on any atom is 0.273 e. The Morgan fingerprint density at radius 3 is 2.57 bits per heavy atom. The molecule has 1 heterocycles. The minimum atomic E-state index is -0.469. The van der Waals surface area contributed by atoms with Crippen molar-refractivity contribution in [1.29, 1.82) is 5.26 Å².